The highest BCUT2D eigenvalue weighted by atomic mass is 35.5. The number of carbonyl (C=O) groups excluding carboxylic acids is 2. The average molecular weight is 497 g/mol. The third kappa shape index (κ3) is 3.57. The van der Waals surface area contributed by atoms with Crippen LogP contribution in [-0.4, -0.2) is 68.1 Å². The highest BCUT2D eigenvalue weighted by Crippen LogP contribution is 2.53. The summed E-state index contributed by atoms with van der Waals surface area (Å²) in [7, 11) is 0. The number of carbonyl (C=O) groups is 2. The van der Waals surface area contributed by atoms with Crippen molar-refractivity contribution in [2.24, 2.45) is 11.8 Å². The second-order valence-electron chi connectivity index (χ2n) is 10.1. The van der Waals surface area contributed by atoms with Gasteiger partial charge >= 0.3 is 6.18 Å². The van der Waals surface area contributed by atoms with Gasteiger partial charge in [0.05, 0.1) is 23.2 Å². The summed E-state index contributed by atoms with van der Waals surface area (Å²) in [4.78, 5) is 29.3. The van der Waals surface area contributed by atoms with E-state index < -0.39 is 23.8 Å². The van der Waals surface area contributed by atoms with Gasteiger partial charge in [0, 0.05) is 12.6 Å². The number of hydrogen-bond acceptors (Lipinski definition) is 4. The van der Waals surface area contributed by atoms with Gasteiger partial charge in [-0.15, -0.1) is 0 Å². The maximum atomic E-state index is 13.8. The third-order valence-electron chi connectivity index (χ3n) is 7.79. The Morgan fingerprint density at radius 1 is 1.18 bits per heavy atom. The molecule has 2 aromatic rings. The largest absolute Gasteiger partial charge is 0.433 e. The highest BCUT2D eigenvalue weighted by Gasteiger charge is 2.51. The molecule has 3 aliphatic carbocycles. The van der Waals surface area contributed by atoms with Gasteiger partial charge in [-0.25, -0.2) is 4.52 Å². The molecule has 6 rings (SSSR count). The molecule has 0 aromatic carbocycles. The zero-order chi connectivity index (χ0) is 23.9. The second-order valence-corrected chi connectivity index (χ2v) is 10.5. The Bertz CT molecular complexity index is 1180. The lowest BCUT2D eigenvalue weighted by molar-refractivity contribution is -0.143. The summed E-state index contributed by atoms with van der Waals surface area (Å²) >= 11 is 6.41. The number of piperazine rings is 1. The molecule has 4 aliphatic rings. The number of halogens is 4. The lowest BCUT2D eigenvalue weighted by Crippen LogP contribution is -2.61. The zero-order valence-corrected chi connectivity index (χ0v) is 19.0. The summed E-state index contributed by atoms with van der Waals surface area (Å²) < 4.78 is 42.0. The van der Waals surface area contributed by atoms with Crippen molar-refractivity contribution < 1.29 is 27.9 Å². The summed E-state index contributed by atoms with van der Waals surface area (Å²) in [5.41, 5.74) is -0.753. The van der Waals surface area contributed by atoms with Gasteiger partial charge in [-0.3, -0.25) is 9.59 Å². The van der Waals surface area contributed by atoms with E-state index in [-0.39, 0.29) is 53.8 Å². The lowest BCUT2D eigenvalue weighted by Gasteiger charge is -2.43. The zero-order valence-electron chi connectivity index (χ0n) is 18.3. The minimum Gasteiger partial charge on any atom is -0.394 e. The third-order valence-corrected chi connectivity index (χ3v) is 8.16. The first-order valence-electron chi connectivity index (χ1n) is 11.7. The van der Waals surface area contributed by atoms with Crippen molar-refractivity contribution >= 4 is 28.9 Å². The molecule has 1 saturated heterocycles. The molecule has 3 unspecified atom stereocenters. The number of aliphatic hydroxyl groups is 1. The van der Waals surface area contributed by atoms with Crippen LogP contribution in [0.3, 0.4) is 0 Å². The quantitative estimate of drug-likeness (QED) is 0.704. The molecule has 2 amide bonds. The molecule has 3 saturated carbocycles. The molecule has 182 valence electrons. The van der Waals surface area contributed by atoms with E-state index in [1.54, 1.807) is 11.0 Å². The molecule has 0 spiro atoms. The van der Waals surface area contributed by atoms with E-state index in [1.807, 2.05) is 0 Å². The number of aliphatic hydroxyl groups excluding tert-OH is 1. The number of pyridine rings is 1. The number of hydrogen-bond donors (Lipinski definition) is 1. The first-order valence-corrected chi connectivity index (χ1v) is 12.0. The van der Waals surface area contributed by atoms with Crippen LogP contribution in [0.4, 0.5) is 13.2 Å². The number of alkyl halides is 3. The number of aromatic nitrogens is 2. The van der Waals surface area contributed by atoms with Crippen molar-refractivity contribution in [3.8, 4) is 0 Å². The van der Waals surface area contributed by atoms with Gasteiger partial charge in [-0.2, -0.15) is 18.3 Å². The molecule has 0 radical (unpaired) electrons. The maximum absolute atomic E-state index is 13.8. The van der Waals surface area contributed by atoms with Crippen LogP contribution < -0.4 is 0 Å². The maximum Gasteiger partial charge on any atom is 0.433 e. The Labute approximate surface area is 198 Å². The Hall–Kier alpha value is -2.33. The number of rotatable bonds is 4. The molecule has 34 heavy (non-hydrogen) atoms. The van der Waals surface area contributed by atoms with Gasteiger partial charge in [-0.1, -0.05) is 11.6 Å². The van der Waals surface area contributed by atoms with E-state index in [1.165, 1.54) is 11.3 Å². The summed E-state index contributed by atoms with van der Waals surface area (Å²) in [5, 5.41) is 13.8. The molecular weight excluding hydrogens is 473 g/mol. The van der Waals surface area contributed by atoms with Gasteiger partial charge < -0.3 is 14.9 Å². The Balaban J connectivity index is 1.31. The van der Waals surface area contributed by atoms with Gasteiger partial charge in [-0.05, 0) is 67.6 Å². The van der Waals surface area contributed by atoms with Gasteiger partial charge in [0.25, 0.3) is 5.91 Å². The molecule has 2 aromatic heterocycles. The lowest BCUT2D eigenvalue weighted by atomic mass is 10.0. The summed E-state index contributed by atoms with van der Waals surface area (Å²) in [5.74, 6) is 0.370. The van der Waals surface area contributed by atoms with E-state index in [0.717, 1.165) is 31.7 Å². The van der Waals surface area contributed by atoms with Crippen molar-refractivity contribution in [2.75, 3.05) is 19.7 Å². The van der Waals surface area contributed by atoms with Crippen LogP contribution in [0.2, 0.25) is 5.02 Å². The molecule has 11 heteroatoms. The summed E-state index contributed by atoms with van der Waals surface area (Å²) in [6.07, 6.45) is -0.0255. The van der Waals surface area contributed by atoms with E-state index in [9.17, 15) is 27.9 Å². The van der Waals surface area contributed by atoms with E-state index in [4.69, 9.17) is 11.6 Å². The monoisotopic (exact) mass is 496 g/mol. The topological polar surface area (TPSA) is 78.2 Å². The minimum atomic E-state index is -4.68. The average Bonchev–Trinajstić information content (AvgIpc) is 3.71. The van der Waals surface area contributed by atoms with Crippen molar-refractivity contribution in [1.82, 2.24) is 19.4 Å². The number of nitrogens with zero attached hydrogens (tertiary/aromatic N) is 4. The fraction of sp³-hybridized carbons (Fsp3) is 0.609. The Kier molecular flexibility index (Phi) is 4.94. The highest BCUT2D eigenvalue weighted by molar-refractivity contribution is 6.36. The van der Waals surface area contributed by atoms with Crippen LogP contribution >= 0.6 is 11.6 Å². The first-order chi connectivity index (χ1) is 16.2. The van der Waals surface area contributed by atoms with Gasteiger partial charge in [0.1, 0.15) is 12.2 Å². The van der Waals surface area contributed by atoms with E-state index in [0.29, 0.717) is 21.9 Å². The molecule has 3 heterocycles. The van der Waals surface area contributed by atoms with Crippen LogP contribution in [0.1, 0.15) is 59.8 Å². The SMILES string of the molecule is O=C(c1nn2c(C(F)(F)F)cc(C3CC3)cc2c1Cl)N1CC(=O)N(C2CC3C[C@@H]3C2)C(CO)C1. The van der Waals surface area contributed by atoms with Crippen LogP contribution in [0.25, 0.3) is 5.52 Å². The van der Waals surface area contributed by atoms with Crippen molar-refractivity contribution in [1.29, 1.82) is 0 Å². The Morgan fingerprint density at radius 3 is 2.50 bits per heavy atom. The molecule has 4 atom stereocenters. The number of fused-ring (bicyclic) bond motifs is 2. The molecule has 1 aliphatic heterocycles. The normalized spacial score (nSPS) is 29.1. The number of amides is 2. The van der Waals surface area contributed by atoms with E-state index in [2.05, 4.69) is 5.10 Å². The Morgan fingerprint density at radius 2 is 1.88 bits per heavy atom. The van der Waals surface area contributed by atoms with Crippen LogP contribution in [-0.2, 0) is 11.0 Å². The molecule has 0 bridgehead atoms. The van der Waals surface area contributed by atoms with Crippen molar-refractivity contribution in [2.45, 2.75) is 56.3 Å². The van der Waals surface area contributed by atoms with Crippen molar-refractivity contribution in [3.05, 3.63) is 34.1 Å². The first kappa shape index (κ1) is 22.2. The molecule has 1 N–H and O–H groups in total. The standard InChI is InChI=1S/C23H24ClF3N4O3/c24-20-17-6-14(11-1-2-11)7-18(23(25,26)27)31(17)28-21(20)22(34)29-8-16(10-32)30(19(33)9-29)15-4-12-3-13(12)5-15/h6-7,11-13,15-16,32H,1-5,8-10H2/t12-,13?,15?,16?/m1/s1. The minimum absolute atomic E-state index is 0.0237. The predicted octanol–water partition coefficient (Wildman–Crippen LogP) is 3.33. The van der Waals surface area contributed by atoms with Crippen LogP contribution in [0.5, 0.6) is 0 Å². The molecular formula is C23H24ClF3N4O3. The van der Waals surface area contributed by atoms with Crippen molar-refractivity contribution in [3.63, 3.8) is 0 Å². The summed E-state index contributed by atoms with van der Waals surface area (Å²) in [6.45, 7) is -0.440. The fourth-order valence-electron chi connectivity index (χ4n) is 5.85. The fourth-order valence-corrected chi connectivity index (χ4v) is 6.10. The predicted molar refractivity (Wildman–Crippen MR) is 115 cm³/mol. The summed E-state index contributed by atoms with van der Waals surface area (Å²) in [6, 6.07) is 2.14. The van der Waals surface area contributed by atoms with Crippen LogP contribution in [0, 0.1) is 11.8 Å². The molecule has 7 nitrogen and oxygen atoms in total. The van der Waals surface area contributed by atoms with Gasteiger partial charge in [0.2, 0.25) is 5.91 Å². The smallest absolute Gasteiger partial charge is 0.394 e. The van der Waals surface area contributed by atoms with Crippen LogP contribution in [0.15, 0.2) is 12.1 Å². The van der Waals surface area contributed by atoms with E-state index >= 15 is 0 Å². The van der Waals surface area contributed by atoms with Gasteiger partial charge in [0.15, 0.2) is 5.69 Å². The second kappa shape index (κ2) is 7.58. The molecule has 4 fully saturated rings.